The van der Waals surface area contributed by atoms with Gasteiger partial charge in [-0.05, 0) is 55.3 Å². The van der Waals surface area contributed by atoms with Gasteiger partial charge in [-0.3, -0.25) is 9.59 Å². The van der Waals surface area contributed by atoms with Gasteiger partial charge in [-0.25, -0.2) is 9.97 Å². The molecule has 1 fully saturated rings. The number of nitrogens with zero attached hydrogens (tertiary/aromatic N) is 2. The first-order valence-corrected chi connectivity index (χ1v) is 11.9. The molecular weight excluding hydrogens is 509 g/mol. The number of piperidine rings is 1. The Labute approximate surface area is 215 Å². The van der Waals surface area contributed by atoms with E-state index >= 15 is 0 Å². The summed E-state index contributed by atoms with van der Waals surface area (Å²) in [4.78, 5) is 34.0. The third-order valence-corrected chi connectivity index (χ3v) is 6.25. The molecule has 2 aromatic carbocycles. The standard InChI is InChI=1S/C25H24ClF3N6O2/c26-19-7-6-17(25(27,28)29)10-16(19)11-33-23(36)15-4-1-3-14(9-15)20-13-32-22(30)21(35-20)24(37)34-18-5-2-8-31-12-18/h1,3-4,6-7,9-10,13,18,31H,2,5,8,11-12H2,(H2,30,32)(H,33,36)(H,34,37). The number of hydrogen-bond acceptors (Lipinski definition) is 6. The van der Waals surface area contributed by atoms with Gasteiger partial charge in [0, 0.05) is 35.3 Å². The van der Waals surface area contributed by atoms with Gasteiger partial charge in [0.2, 0.25) is 0 Å². The molecule has 8 nitrogen and oxygen atoms in total. The summed E-state index contributed by atoms with van der Waals surface area (Å²) in [6, 6.07) is 9.27. The third-order valence-electron chi connectivity index (χ3n) is 5.88. The summed E-state index contributed by atoms with van der Waals surface area (Å²) >= 11 is 6.02. The Kier molecular flexibility index (Phi) is 7.94. The molecule has 3 aromatic rings. The van der Waals surface area contributed by atoms with Crippen LogP contribution in [0.4, 0.5) is 19.0 Å². The third kappa shape index (κ3) is 6.55. The van der Waals surface area contributed by atoms with Crippen molar-refractivity contribution in [3.8, 4) is 11.3 Å². The van der Waals surface area contributed by atoms with Crippen LogP contribution < -0.4 is 21.7 Å². The molecule has 0 saturated carbocycles. The predicted octanol–water partition coefficient (Wildman–Crippen LogP) is 3.81. The molecular formula is C25H24ClF3N6O2. The molecule has 0 radical (unpaired) electrons. The van der Waals surface area contributed by atoms with E-state index < -0.39 is 23.6 Å². The highest BCUT2D eigenvalue weighted by Crippen LogP contribution is 2.31. The molecule has 1 atom stereocenters. The lowest BCUT2D eigenvalue weighted by atomic mass is 10.1. The van der Waals surface area contributed by atoms with Crippen LogP contribution in [-0.4, -0.2) is 40.9 Å². The fourth-order valence-corrected chi connectivity index (χ4v) is 4.10. The highest BCUT2D eigenvalue weighted by atomic mass is 35.5. The molecule has 0 aliphatic carbocycles. The zero-order valence-corrected chi connectivity index (χ0v) is 20.3. The smallest absolute Gasteiger partial charge is 0.382 e. The van der Waals surface area contributed by atoms with Crippen LogP contribution in [0.3, 0.4) is 0 Å². The van der Waals surface area contributed by atoms with E-state index in [9.17, 15) is 22.8 Å². The summed E-state index contributed by atoms with van der Waals surface area (Å²) in [5.41, 5.74) is 6.23. The summed E-state index contributed by atoms with van der Waals surface area (Å²) in [5.74, 6) is -0.981. The molecule has 12 heteroatoms. The number of alkyl halides is 3. The number of nitrogen functional groups attached to an aromatic ring is 1. The van der Waals surface area contributed by atoms with Gasteiger partial charge >= 0.3 is 6.18 Å². The zero-order valence-electron chi connectivity index (χ0n) is 19.5. The Balaban J connectivity index is 1.49. The van der Waals surface area contributed by atoms with Crippen LogP contribution in [-0.2, 0) is 12.7 Å². The molecule has 1 unspecified atom stereocenters. The van der Waals surface area contributed by atoms with Gasteiger partial charge in [-0.2, -0.15) is 13.2 Å². The predicted molar refractivity (Wildman–Crippen MR) is 133 cm³/mol. The van der Waals surface area contributed by atoms with Crippen molar-refractivity contribution in [2.75, 3.05) is 18.8 Å². The van der Waals surface area contributed by atoms with E-state index in [4.69, 9.17) is 17.3 Å². The second kappa shape index (κ2) is 11.1. The van der Waals surface area contributed by atoms with Crippen molar-refractivity contribution in [2.45, 2.75) is 31.6 Å². The number of carbonyl (C=O) groups is 2. The van der Waals surface area contributed by atoms with E-state index in [1.54, 1.807) is 18.2 Å². The van der Waals surface area contributed by atoms with E-state index in [1.165, 1.54) is 12.3 Å². The van der Waals surface area contributed by atoms with Gasteiger partial charge in [-0.15, -0.1) is 0 Å². The summed E-state index contributed by atoms with van der Waals surface area (Å²) in [5, 5.41) is 8.81. The fraction of sp³-hybridized carbons (Fsp3) is 0.280. The second-order valence-electron chi connectivity index (χ2n) is 8.57. The molecule has 194 valence electrons. The normalized spacial score (nSPS) is 15.7. The van der Waals surface area contributed by atoms with Gasteiger partial charge in [0.1, 0.15) is 0 Å². The molecule has 1 aromatic heterocycles. The Morgan fingerprint density at radius 3 is 2.70 bits per heavy atom. The molecule has 0 bridgehead atoms. The number of rotatable bonds is 6. The summed E-state index contributed by atoms with van der Waals surface area (Å²) in [6.07, 6.45) is -1.34. The average Bonchev–Trinajstić information content (AvgIpc) is 2.88. The number of carbonyl (C=O) groups excluding carboxylic acids is 2. The number of aromatic nitrogens is 2. The van der Waals surface area contributed by atoms with Gasteiger partial charge in [0.05, 0.1) is 17.5 Å². The SMILES string of the molecule is Nc1ncc(-c2cccc(C(=O)NCc3cc(C(F)(F)F)ccc3Cl)c2)nc1C(=O)NC1CCCNC1. The topological polar surface area (TPSA) is 122 Å². The number of anilines is 1. The second-order valence-corrected chi connectivity index (χ2v) is 8.98. The minimum Gasteiger partial charge on any atom is -0.382 e. The number of nitrogens with one attached hydrogen (secondary N) is 3. The summed E-state index contributed by atoms with van der Waals surface area (Å²) < 4.78 is 39.0. The highest BCUT2D eigenvalue weighted by molar-refractivity contribution is 6.31. The maximum atomic E-state index is 13.0. The Morgan fingerprint density at radius 2 is 1.97 bits per heavy atom. The van der Waals surface area contributed by atoms with Crippen molar-refractivity contribution in [1.29, 1.82) is 0 Å². The number of halogens is 4. The van der Waals surface area contributed by atoms with Gasteiger partial charge in [-0.1, -0.05) is 23.7 Å². The van der Waals surface area contributed by atoms with E-state index in [0.29, 0.717) is 17.8 Å². The summed E-state index contributed by atoms with van der Waals surface area (Å²) in [7, 11) is 0. The quantitative estimate of drug-likeness (QED) is 0.383. The molecule has 37 heavy (non-hydrogen) atoms. The first kappa shape index (κ1) is 26.4. The van der Waals surface area contributed by atoms with Crippen LogP contribution in [0, 0.1) is 0 Å². The van der Waals surface area contributed by atoms with Crippen molar-refractivity contribution in [3.63, 3.8) is 0 Å². The first-order valence-electron chi connectivity index (χ1n) is 11.5. The maximum Gasteiger partial charge on any atom is 0.416 e. The molecule has 4 rings (SSSR count). The van der Waals surface area contributed by atoms with Gasteiger partial charge in [0.25, 0.3) is 11.8 Å². The Hall–Kier alpha value is -3.70. The first-order chi connectivity index (χ1) is 17.6. The van der Waals surface area contributed by atoms with Crippen molar-refractivity contribution < 1.29 is 22.8 Å². The van der Waals surface area contributed by atoms with Crippen LogP contribution in [0.1, 0.15) is 44.8 Å². The lowest BCUT2D eigenvalue weighted by Crippen LogP contribution is -2.46. The summed E-state index contributed by atoms with van der Waals surface area (Å²) in [6.45, 7) is 1.36. The molecule has 1 aliphatic rings. The highest BCUT2D eigenvalue weighted by Gasteiger charge is 2.31. The van der Waals surface area contributed by atoms with Crippen LogP contribution in [0.2, 0.25) is 5.02 Å². The largest absolute Gasteiger partial charge is 0.416 e. The molecule has 2 amide bonds. The van der Waals surface area contributed by atoms with Crippen LogP contribution in [0.15, 0.2) is 48.7 Å². The lowest BCUT2D eigenvalue weighted by molar-refractivity contribution is -0.137. The van der Waals surface area contributed by atoms with Crippen LogP contribution >= 0.6 is 11.6 Å². The van der Waals surface area contributed by atoms with E-state index in [-0.39, 0.29) is 40.2 Å². The maximum absolute atomic E-state index is 13.0. The fourth-order valence-electron chi connectivity index (χ4n) is 3.92. The van der Waals surface area contributed by atoms with Crippen molar-refractivity contribution in [3.05, 3.63) is 76.1 Å². The average molecular weight is 533 g/mol. The minimum atomic E-state index is -4.53. The lowest BCUT2D eigenvalue weighted by Gasteiger charge is -2.23. The minimum absolute atomic E-state index is 0.0166. The van der Waals surface area contributed by atoms with Crippen LogP contribution in [0.5, 0.6) is 0 Å². The van der Waals surface area contributed by atoms with Crippen LogP contribution in [0.25, 0.3) is 11.3 Å². The van der Waals surface area contributed by atoms with Crippen molar-refractivity contribution in [2.24, 2.45) is 0 Å². The van der Waals surface area contributed by atoms with E-state index in [0.717, 1.165) is 37.6 Å². The Morgan fingerprint density at radius 1 is 1.16 bits per heavy atom. The van der Waals surface area contributed by atoms with Crippen molar-refractivity contribution >= 4 is 29.2 Å². The number of amides is 2. The monoisotopic (exact) mass is 532 g/mol. The van der Waals surface area contributed by atoms with E-state index in [2.05, 4.69) is 25.9 Å². The molecule has 5 N–H and O–H groups in total. The zero-order chi connectivity index (χ0) is 26.6. The number of benzene rings is 2. The number of nitrogens with two attached hydrogens (primary N) is 1. The van der Waals surface area contributed by atoms with Gasteiger partial charge in [0.15, 0.2) is 11.5 Å². The van der Waals surface area contributed by atoms with E-state index in [1.807, 2.05) is 0 Å². The van der Waals surface area contributed by atoms with Gasteiger partial charge < -0.3 is 21.7 Å². The van der Waals surface area contributed by atoms with Crippen molar-refractivity contribution in [1.82, 2.24) is 25.9 Å². The molecule has 2 heterocycles. The molecule has 0 spiro atoms. The number of hydrogen-bond donors (Lipinski definition) is 4. The molecule has 1 aliphatic heterocycles. The molecule has 1 saturated heterocycles. The Bertz CT molecular complexity index is 1310.